The summed E-state index contributed by atoms with van der Waals surface area (Å²) in [6.45, 7) is 5.42. The molecule has 3 heterocycles. The number of halogens is 1. The van der Waals surface area contributed by atoms with Crippen LogP contribution in [-0.4, -0.2) is 95.8 Å². The molecular formula is C49H58FN7O6. The second-order valence-electron chi connectivity index (χ2n) is 16.6. The number of nitrogens with one attached hydrogen (secondary N) is 3. The number of alkyl carbamates (subject to hydrolysis) is 1. The van der Waals surface area contributed by atoms with E-state index in [1.807, 2.05) is 78.9 Å². The molecule has 3 aliphatic rings. The Morgan fingerprint density at radius 2 is 1.19 bits per heavy atom. The highest BCUT2D eigenvalue weighted by Gasteiger charge is 2.40. The maximum absolute atomic E-state index is 14.3. The fourth-order valence-electron chi connectivity index (χ4n) is 8.99. The quantitative estimate of drug-likeness (QED) is 0.114. The van der Waals surface area contributed by atoms with Gasteiger partial charge in [0.05, 0.1) is 7.11 Å². The highest BCUT2D eigenvalue weighted by atomic mass is 19.1. The van der Waals surface area contributed by atoms with E-state index in [0.717, 1.165) is 61.2 Å². The number of benzene rings is 4. The van der Waals surface area contributed by atoms with Crippen LogP contribution in [0.25, 0.3) is 0 Å². The standard InChI is InChI=1S/C49H58FN7O6/c1-3-41(53-49(62)63-2)47(60)56-30-10-14-42(56)45(58)51-38-22-16-34(17-23-38)32-55(40-26-20-37(50)21-27-40)33-35-18-24-39(25-19-35)52-46(59)43-15-11-31-57(43)48(61)44(36-12-6-4-7-13-36)54-28-8-5-9-29-54/h4,6-7,12-13,16-27,41-44H,3,5,8-11,14-15,28-33H2,1-2H3,(H,51,58)(H,52,59)(H,53,62)/t41-,42-,43-,44+/m0/s1. The van der Waals surface area contributed by atoms with Gasteiger partial charge in [-0.1, -0.05) is 67.9 Å². The third kappa shape index (κ3) is 11.2. The molecule has 0 spiro atoms. The molecule has 3 N–H and O–H groups in total. The molecule has 0 bridgehead atoms. The normalized spacial score (nSPS) is 18.6. The van der Waals surface area contributed by atoms with E-state index in [1.54, 1.807) is 24.0 Å². The topological polar surface area (TPSA) is 144 Å². The molecule has 3 aliphatic heterocycles. The van der Waals surface area contributed by atoms with Gasteiger partial charge in [-0.05, 0) is 123 Å². The summed E-state index contributed by atoms with van der Waals surface area (Å²) in [7, 11) is 1.24. The minimum absolute atomic E-state index is 0.0157. The van der Waals surface area contributed by atoms with Gasteiger partial charge >= 0.3 is 6.09 Å². The second-order valence-corrected chi connectivity index (χ2v) is 16.6. The molecule has 14 heteroatoms. The van der Waals surface area contributed by atoms with Gasteiger partial charge in [-0.2, -0.15) is 0 Å². The predicted molar refractivity (Wildman–Crippen MR) is 240 cm³/mol. The van der Waals surface area contributed by atoms with Crippen molar-refractivity contribution in [2.45, 2.75) is 95.5 Å². The van der Waals surface area contributed by atoms with E-state index in [-0.39, 0.29) is 29.4 Å². The maximum Gasteiger partial charge on any atom is 0.407 e. The lowest BCUT2D eigenvalue weighted by Crippen LogP contribution is -2.52. The molecule has 5 amide bonds. The Labute approximate surface area is 368 Å². The van der Waals surface area contributed by atoms with Crippen LogP contribution in [0.1, 0.15) is 81.0 Å². The van der Waals surface area contributed by atoms with Gasteiger partial charge in [-0.25, -0.2) is 9.18 Å². The van der Waals surface area contributed by atoms with Gasteiger partial charge in [0.1, 0.15) is 30.0 Å². The van der Waals surface area contributed by atoms with Crippen LogP contribution in [0.15, 0.2) is 103 Å². The molecule has 0 radical (unpaired) electrons. The summed E-state index contributed by atoms with van der Waals surface area (Å²) in [6, 6.07) is 28.9. The van der Waals surface area contributed by atoms with E-state index in [9.17, 15) is 28.4 Å². The summed E-state index contributed by atoms with van der Waals surface area (Å²) >= 11 is 0. The third-order valence-electron chi connectivity index (χ3n) is 12.3. The molecule has 7 rings (SSSR count). The largest absolute Gasteiger partial charge is 0.453 e. The van der Waals surface area contributed by atoms with Gasteiger partial charge in [0.2, 0.25) is 23.6 Å². The van der Waals surface area contributed by atoms with Crippen LogP contribution < -0.4 is 20.9 Å². The molecule has 63 heavy (non-hydrogen) atoms. The van der Waals surface area contributed by atoms with Crippen LogP contribution >= 0.6 is 0 Å². The van der Waals surface area contributed by atoms with E-state index in [0.29, 0.717) is 63.2 Å². The van der Waals surface area contributed by atoms with Crippen LogP contribution in [0, 0.1) is 5.82 Å². The second kappa shape index (κ2) is 21.2. The van der Waals surface area contributed by atoms with Crippen molar-refractivity contribution in [2.24, 2.45) is 0 Å². The van der Waals surface area contributed by atoms with Crippen LogP contribution in [0.3, 0.4) is 0 Å². The van der Waals surface area contributed by atoms with Crippen molar-refractivity contribution in [1.82, 2.24) is 20.0 Å². The number of hydrogen-bond donors (Lipinski definition) is 3. The van der Waals surface area contributed by atoms with Crippen LogP contribution in [-0.2, 0) is 37.0 Å². The molecule has 13 nitrogen and oxygen atoms in total. The number of amides is 5. The SMILES string of the molecule is CC[C@H](NC(=O)OC)C(=O)N1CCC[C@H]1C(=O)Nc1ccc(CN(Cc2ccc(NC(=O)[C@@H]3CCCN3C(=O)[C@@H](c3ccccc3)N3CCCCC3)cc2)c2ccc(F)cc2)cc1. The zero-order valence-corrected chi connectivity index (χ0v) is 36.1. The first-order valence-electron chi connectivity index (χ1n) is 22.2. The fraction of sp³-hybridized carbons (Fsp3) is 0.408. The minimum atomic E-state index is -0.789. The van der Waals surface area contributed by atoms with Crippen molar-refractivity contribution in [3.05, 3.63) is 126 Å². The first-order chi connectivity index (χ1) is 30.6. The average Bonchev–Trinajstić information content (AvgIpc) is 4.02. The van der Waals surface area contributed by atoms with Gasteiger partial charge in [0, 0.05) is 43.2 Å². The number of likely N-dealkylation sites (tertiary alicyclic amines) is 3. The molecule has 3 fully saturated rings. The van der Waals surface area contributed by atoms with Crippen molar-refractivity contribution < 1.29 is 33.1 Å². The molecule has 4 aromatic rings. The van der Waals surface area contributed by atoms with Crippen LogP contribution in [0.4, 0.5) is 26.2 Å². The van der Waals surface area contributed by atoms with Gasteiger partial charge in [0.15, 0.2) is 0 Å². The van der Waals surface area contributed by atoms with Crippen molar-refractivity contribution >= 4 is 46.8 Å². The molecular weight excluding hydrogens is 802 g/mol. The number of rotatable bonds is 15. The molecule has 332 valence electrons. The molecule has 0 aliphatic carbocycles. The smallest absolute Gasteiger partial charge is 0.407 e. The fourth-order valence-corrected chi connectivity index (χ4v) is 8.99. The van der Waals surface area contributed by atoms with Gasteiger partial charge < -0.3 is 35.4 Å². The number of anilines is 3. The molecule has 0 unspecified atom stereocenters. The molecule has 0 aromatic heterocycles. The summed E-state index contributed by atoms with van der Waals surface area (Å²) in [6.07, 6.45) is 5.49. The number of carbonyl (C=O) groups is 5. The number of hydrogen-bond acceptors (Lipinski definition) is 8. The number of nitrogens with zero attached hydrogens (tertiary/aromatic N) is 4. The van der Waals surface area contributed by atoms with Crippen molar-refractivity contribution in [3.8, 4) is 0 Å². The van der Waals surface area contributed by atoms with Crippen molar-refractivity contribution in [2.75, 3.05) is 48.8 Å². The monoisotopic (exact) mass is 859 g/mol. The summed E-state index contributed by atoms with van der Waals surface area (Å²) in [5.74, 6) is -1.17. The minimum Gasteiger partial charge on any atom is -0.453 e. The number of methoxy groups -OCH3 is 1. The van der Waals surface area contributed by atoms with Crippen molar-refractivity contribution in [3.63, 3.8) is 0 Å². The summed E-state index contributed by atoms with van der Waals surface area (Å²) in [5, 5.41) is 8.59. The number of piperidine rings is 1. The van der Waals surface area contributed by atoms with Crippen LogP contribution in [0.5, 0.6) is 0 Å². The first-order valence-corrected chi connectivity index (χ1v) is 22.2. The molecule has 3 saturated heterocycles. The average molecular weight is 860 g/mol. The Hall–Kier alpha value is -6.28. The van der Waals surface area contributed by atoms with E-state index in [4.69, 9.17) is 0 Å². The lowest BCUT2D eigenvalue weighted by Gasteiger charge is -2.37. The Kier molecular flexibility index (Phi) is 15.1. The summed E-state index contributed by atoms with van der Waals surface area (Å²) in [4.78, 5) is 74.2. The zero-order valence-electron chi connectivity index (χ0n) is 36.1. The Morgan fingerprint density at radius 1 is 0.667 bits per heavy atom. The van der Waals surface area contributed by atoms with E-state index < -0.39 is 30.3 Å². The Balaban J connectivity index is 0.978. The van der Waals surface area contributed by atoms with Crippen LogP contribution in [0.2, 0.25) is 0 Å². The summed E-state index contributed by atoms with van der Waals surface area (Å²) in [5.41, 5.74) is 4.91. The lowest BCUT2D eigenvalue weighted by atomic mass is 10.00. The maximum atomic E-state index is 14.3. The van der Waals surface area contributed by atoms with Gasteiger partial charge in [0.25, 0.3) is 0 Å². The Bertz CT molecular complexity index is 2180. The predicted octanol–water partition coefficient (Wildman–Crippen LogP) is 7.25. The first kappa shape index (κ1) is 44.8. The van der Waals surface area contributed by atoms with E-state index in [2.05, 4.69) is 30.5 Å². The van der Waals surface area contributed by atoms with Crippen molar-refractivity contribution in [1.29, 1.82) is 0 Å². The number of carbonyl (C=O) groups excluding carboxylic acids is 5. The van der Waals surface area contributed by atoms with Gasteiger partial charge in [-0.15, -0.1) is 0 Å². The van der Waals surface area contributed by atoms with E-state index in [1.165, 1.54) is 24.1 Å². The number of ether oxygens (including phenoxy) is 1. The third-order valence-corrected chi connectivity index (χ3v) is 12.3. The molecule has 0 saturated carbocycles. The molecule has 4 aromatic carbocycles. The van der Waals surface area contributed by atoms with Gasteiger partial charge in [-0.3, -0.25) is 24.1 Å². The highest BCUT2D eigenvalue weighted by molar-refractivity contribution is 5.99. The molecule has 4 atom stereocenters. The zero-order chi connectivity index (χ0) is 44.3. The Morgan fingerprint density at radius 3 is 1.70 bits per heavy atom. The lowest BCUT2D eigenvalue weighted by molar-refractivity contribution is -0.142. The van der Waals surface area contributed by atoms with E-state index >= 15 is 0 Å². The summed E-state index contributed by atoms with van der Waals surface area (Å²) < 4.78 is 18.7. The highest BCUT2D eigenvalue weighted by Crippen LogP contribution is 2.31.